The minimum atomic E-state index is -1.27. The molecule has 3 rings (SSSR count). The van der Waals surface area contributed by atoms with Crippen molar-refractivity contribution in [3.8, 4) is 5.75 Å². The van der Waals surface area contributed by atoms with Crippen molar-refractivity contribution in [1.82, 2.24) is 4.90 Å². The van der Waals surface area contributed by atoms with Gasteiger partial charge in [0.1, 0.15) is 15.6 Å². The van der Waals surface area contributed by atoms with Crippen LogP contribution in [0.15, 0.2) is 47.4 Å². The number of carboxylic acid groups (broad SMARTS) is 1. The lowest BCUT2D eigenvalue weighted by Gasteiger charge is -2.14. The number of unbranched alkanes of at least 4 members (excludes halogenated alkanes) is 2. The van der Waals surface area contributed by atoms with Gasteiger partial charge in [0.25, 0.3) is 5.91 Å². The van der Waals surface area contributed by atoms with E-state index in [1.165, 1.54) is 30.0 Å². The maximum atomic E-state index is 12.7. The van der Waals surface area contributed by atoms with E-state index in [1.54, 1.807) is 4.90 Å². The summed E-state index contributed by atoms with van der Waals surface area (Å²) in [4.78, 5) is 38.1. The third kappa shape index (κ3) is 6.66. The number of hydrogen-bond donors (Lipinski definition) is 3. The Hall–Kier alpha value is -3.17. The van der Waals surface area contributed by atoms with Crippen LogP contribution in [0.1, 0.15) is 47.2 Å². The Bertz CT molecular complexity index is 1110. The molecular formula is C24H24N2O5S2. The summed E-state index contributed by atoms with van der Waals surface area (Å²) in [7, 11) is 0. The third-order valence-corrected chi connectivity index (χ3v) is 6.42. The normalized spacial score (nSPS) is 14.7. The summed E-state index contributed by atoms with van der Waals surface area (Å²) in [5.41, 5.74) is 2.15. The van der Waals surface area contributed by atoms with Gasteiger partial charge in [-0.15, -0.1) is 0 Å². The minimum Gasteiger partial charge on any atom is -0.507 e. The Morgan fingerprint density at radius 1 is 1.12 bits per heavy atom. The van der Waals surface area contributed by atoms with E-state index in [1.807, 2.05) is 37.3 Å². The van der Waals surface area contributed by atoms with Crippen molar-refractivity contribution >= 4 is 57.8 Å². The summed E-state index contributed by atoms with van der Waals surface area (Å²) >= 11 is 6.67. The highest BCUT2D eigenvalue weighted by Gasteiger charge is 2.31. The molecule has 1 aliphatic heterocycles. The van der Waals surface area contributed by atoms with E-state index in [0.29, 0.717) is 34.3 Å². The lowest BCUT2D eigenvalue weighted by molar-refractivity contribution is -0.122. The average molecular weight is 485 g/mol. The lowest BCUT2D eigenvalue weighted by Crippen LogP contribution is -2.29. The van der Waals surface area contributed by atoms with Crippen LogP contribution in [-0.4, -0.2) is 43.8 Å². The van der Waals surface area contributed by atoms with Crippen LogP contribution >= 0.6 is 24.0 Å². The standard InChI is InChI=1S/C24H24N2O5S2/c1-15-6-8-16(9-7-15)13-20-22(29)26(24(32)33-20)12-4-2-3-5-21(28)25-17-10-11-19(27)18(14-17)23(30)31/h6-11,13-14,27H,2-5,12H2,1H3,(H,25,28)(H,30,31)/b20-13-. The first-order valence-electron chi connectivity index (χ1n) is 10.4. The molecule has 3 N–H and O–H groups in total. The minimum absolute atomic E-state index is 0.0927. The van der Waals surface area contributed by atoms with Crippen LogP contribution in [0.3, 0.4) is 0 Å². The van der Waals surface area contributed by atoms with Crippen LogP contribution < -0.4 is 5.32 Å². The molecule has 7 nitrogen and oxygen atoms in total. The molecule has 0 atom stereocenters. The van der Waals surface area contributed by atoms with E-state index in [2.05, 4.69) is 5.32 Å². The Balaban J connectivity index is 1.42. The highest BCUT2D eigenvalue weighted by atomic mass is 32.2. The second-order valence-corrected chi connectivity index (χ2v) is 9.32. The summed E-state index contributed by atoms with van der Waals surface area (Å²) in [6, 6.07) is 11.8. The number of anilines is 1. The van der Waals surface area contributed by atoms with E-state index in [9.17, 15) is 19.5 Å². The van der Waals surface area contributed by atoms with Crippen LogP contribution in [0.25, 0.3) is 6.08 Å². The number of rotatable bonds is 9. The molecule has 0 saturated carbocycles. The Morgan fingerprint density at radius 3 is 2.55 bits per heavy atom. The van der Waals surface area contributed by atoms with Crippen molar-refractivity contribution < 1.29 is 24.6 Å². The molecule has 33 heavy (non-hydrogen) atoms. The molecule has 2 aromatic carbocycles. The first-order valence-corrected chi connectivity index (χ1v) is 11.7. The predicted molar refractivity (Wildman–Crippen MR) is 133 cm³/mol. The number of aryl methyl sites for hydroxylation is 1. The topological polar surface area (TPSA) is 107 Å². The molecule has 1 fully saturated rings. The molecule has 1 heterocycles. The molecule has 0 unspecified atom stereocenters. The van der Waals surface area contributed by atoms with Gasteiger partial charge in [0.2, 0.25) is 5.91 Å². The van der Waals surface area contributed by atoms with Crippen molar-refractivity contribution in [3.63, 3.8) is 0 Å². The summed E-state index contributed by atoms with van der Waals surface area (Å²) in [6.45, 7) is 2.51. The van der Waals surface area contributed by atoms with Gasteiger partial charge >= 0.3 is 5.97 Å². The van der Waals surface area contributed by atoms with Gasteiger partial charge in [-0.1, -0.05) is 60.2 Å². The van der Waals surface area contributed by atoms with E-state index in [-0.39, 0.29) is 29.5 Å². The molecule has 0 spiro atoms. The molecule has 0 bridgehead atoms. The number of amides is 2. The zero-order valence-electron chi connectivity index (χ0n) is 18.0. The van der Waals surface area contributed by atoms with Crippen LogP contribution in [0.2, 0.25) is 0 Å². The van der Waals surface area contributed by atoms with E-state index >= 15 is 0 Å². The zero-order valence-corrected chi connectivity index (χ0v) is 19.7. The molecule has 0 radical (unpaired) electrons. The van der Waals surface area contributed by atoms with Crippen LogP contribution in [-0.2, 0) is 9.59 Å². The largest absolute Gasteiger partial charge is 0.507 e. The Labute approximate surface area is 201 Å². The highest BCUT2D eigenvalue weighted by molar-refractivity contribution is 8.26. The number of carbonyl (C=O) groups is 3. The first kappa shape index (κ1) is 24.5. The molecule has 172 valence electrons. The van der Waals surface area contributed by atoms with Gasteiger partial charge in [-0.3, -0.25) is 14.5 Å². The van der Waals surface area contributed by atoms with Gasteiger partial charge in [0.15, 0.2) is 0 Å². The van der Waals surface area contributed by atoms with E-state index in [4.69, 9.17) is 17.3 Å². The first-order chi connectivity index (χ1) is 15.7. The molecule has 2 aromatic rings. The summed E-state index contributed by atoms with van der Waals surface area (Å²) in [6.07, 6.45) is 4.16. The maximum absolute atomic E-state index is 12.7. The quantitative estimate of drug-likeness (QED) is 0.203. The molecule has 1 aliphatic rings. The summed E-state index contributed by atoms with van der Waals surface area (Å²) < 4.78 is 0.540. The summed E-state index contributed by atoms with van der Waals surface area (Å²) in [5, 5.41) is 21.2. The van der Waals surface area contributed by atoms with Gasteiger partial charge in [-0.25, -0.2) is 4.79 Å². The number of nitrogens with zero attached hydrogens (tertiary/aromatic N) is 1. The fraction of sp³-hybridized carbons (Fsp3) is 0.250. The van der Waals surface area contributed by atoms with Crippen molar-refractivity contribution in [3.05, 3.63) is 64.1 Å². The molecular weight excluding hydrogens is 460 g/mol. The smallest absolute Gasteiger partial charge is 0.339 e. The number of carbonyl (C=O) groups excluding carboxylic acids is 2. The van der Waals surface area contributed by atoms with Crippen LogP contribution in [0.4, 0.5) is 5.69 Å². The fourth-order valence-electron chi connectivity index (χ4n) is 3.25. The number of aromatic hydroxyl groups is 1. The van der Waals surface area contributed by atoms with Crippen molar-refractivity contribution in [1.29, 1.82) is 0 Å². The number of thiocarbonyl (C=S) groups is 1. The fourth-order valence-corrected chi connectivity index (χ4v) is 4.56. The maximum Gasteiger partial charge on any atom is 0.339 e. The second kappa shape index (κ2) is 11.1. The van der Waals surface area contributed by atoms with Gasteiger partial charge in [0.05, 0.1) is 4.91 Å². The van der Waals surface area contributed by atoms with Gasteiger partial charge in [0, 0.05) is 18.7 Å². The molecule has 9 heteroatoms. The van der Waals surface area contributed by atoms with Crippen LogP contribution in [0, 0.1) is 6.92 Å². The average Bonchev–Trinajstić information content (AvgIpc) is 3.03. The number of phenols is 1. The Morgan fingerprint density at radius 2 is 1.85 bits per heavy atom. The van der Waals surface area contributed by atoms with E-state index < -0.39 is 5.97 Å². The number of carboxylic acids is 1. The van der Waals surface area contributed by atoms with E-state index in [0.717, 1.165) is 17.5 Å². The van der Waals surface area contributed by atoms with Crippen molar-refractivity contribution in [2.24, 2.45) is 0 Å². The third-order valence-electron chi connectivity index (χ3n) is 5.04. The van der Waals surface area contributed by atoms with Gasteiger partial charge in [-0.2, -0.15) is 0 Å². The molecule has 2 amide bonds. The van der Waals surface area contributed by atoms with Crippen molar-refractivity contribution in [2.45, 2.75) is 32.6 Å². The van der Waals surface area contributed by atoms with Gasteiger partial charge in [-0.05, 0) is 49.6 Å². The predicted octanol–water partition coefficient (Wildman–Crippen LogP) is 4.80. The van der Waals surface area contributed by atoms with Crippen LogP contribution in [0.5, 0.6) is 5.75 Å². The zero-order chi connectivity index (χ0) is 24.0. The monoisotopic (exact) mass is 484 g/mol. The lowest BCUT2D eigenvalue weighted by atomic mass is 10.1. The van der Waals surface area contributed by atoms with Gasteiger partial charge < -0.3 is 15.5 Å². The number of nitrogens with one attached hydrogen (secondary N) is 1. The number of benzene rings is 2. The molecule has 1 saturated heterocycles. The summed E-state index contributed by atoms with van der Waals surface area (Å²) in [5.74, 6) is -1.97. The number of thioether (sulfide) groups is 1. The van der Waals surface area contributed by atoms with Crippen molar-refractivity contribution in [2.75, 3.05) is 11.9 Å². The molecule has 0 aromatic heterocycles. The Kier molecular flexibility index (Phi) is 8.24. The molecule has 0 aliphatic carbocycles. The number of aromatic carboxylic acids is 1. The number of hydrogen-bond acceptors (Lipinski definition) is 6. The SMILES string of the molecule is Cc1ccc(/C=C2\SC(=S)N(CCCCCC(=O)Nc3ccc(O)c(C(=O)O)c3)C2=O)cc1. The second-order valence-electron chi connectivity index (χ2n) is 7.64. The highest BCUT2D eigenvalue weighted by Crippen LogP contribution is 2.32.